The first-order valence-corrected chi connectivity index (χ1v) is 8.14. The fourth-order valence-electron chi connectivity index (χ4n) is 2.78. The van der Waals surface area contributed by atoms with Crippen LogP contribution in [0, 0.1) is 0 Å². The van der Waals surface area contributed by atoms with Gasteiger partial charge in [0.2, 0.25) is 0 Å². The van der Waals surface area contributed by atoms with E-state index in [-0.39, 0.29) is 5.91 Å². The van der Waals surface area contributed by atoms with Gasteiger partial charge in [-0.05, 0) is 30.5 Å². The third kappa shape index (κ3) is 2.49. The van der Waals surface area contributed by atoms with E-state index in [9.17, 15) is 4.79 Å². The highest BCUT2D eigenvalue weighted by atomic mass is 79.9. The summed E-state index contributed by atoms with van der Waals surface area (Å²) in [5, 5.41) is 13.6. The summed E-state index contributed by atoms with van der Waals surface area (Å²) in [6.07, 6.45) is 3.07. The highest BCUT2D eigenvalue weighted by molar-refractivity contribution is 9.10. The lowest BCUT2D eigenvalue weighted by atomic mass is 10.1. The van der Waals surface area contributed by atoms with Crippen LogP contribution in [0.5, 0.6) is 5.75 Å². The second-order valence-corrected chi connectivity index (χ2v) is 6.58. The van der Waals surface area contributed by atoms with E-state index in [0.717, 1.165) is 40.7 Å². The predicted octanol–water partition coefficient (Wildman–Crippen LogP) is 2.31. The van der Waals surface area contributed by atoms with Gasteiger partial charge in [0.25, 0.3) is 5.91 Å². The Morgan fingerprint density at radius 1 is 1.41 bits per heavy atom. The van der Waals surface area contributed by atoms with E-state index >= 15 is 0 Å². The summed E-state index contributed by atoms with van der Waals surface area (Å²) in [7, 11) is 0. The number of halogens is 1. The lowest BCUT2D eigenvalue weighted by Crippen LogP contribution is -2.24. The molecule has 6 nitrogen and oxygen atoms in total. The van der Waals surface area contributed by atoms with Gasteiger partial charge in [0, 0.05) is 28.9 Å². The van der Waals surface area contributed by atoms with Crippen molar-refractivity contribution in [3.8, 4) is 5.75 Å². The molecular formula is C15H15BrN4O2. The molecule has 2 heterocycles. The number of fused-ring (bicyclic) bond motifs is 1. The van der Waals surface area contributed by atoms with Crippen LogP contribution in [-0.4, -0.2) is 27.9 Å². The van der Waals surface area contributed by atoms with Crippen molar-refractivity contribution in [1.82, 2.24) is 20.7 Å². The van der Waals surface area contributed by atoms with Crippen LogP contribution in [0.15, 0.2) is 16.6 Å². The molecule has 4 rings (SSSR count). The van der Waals surface area contributed by atoms with E-state index in [1.807, 2.05) is 6.07 Å². The second kappa shape index (κ2) is 5.39. The molecule has 2 aromatic rings. The van der Waals surface area contributed by atoms with E-state index < -0.39 is 0 Å². The molecule has 2 aliphatic rings. The van der Waals surface area contributed by atoms with Crippen LogP contribution in [0.25, 0.3) is 0 Å². The van der Waals surface area contributed by atoms with Crippen LogP contribution >= 0.6 is 15.9 Å². The van der Waals surface area contributed by atoms with Crippen LogP contribution < -0.4 is 10.1 Å². The maximum Gasteiger partial charge on any atom is 0.274 e. The first-order valence-electron chi connectivity index (χ1n) is 7.35. The van der Waals surface area contributed by atoms with Crippen molar-refractivity contribution < 1.29 is 9.53 Å². The Morgan fingerprint density at radius 2 is 2.27 bits per heavy atom. The maximum atomic E-state index is 12.3. The van der Waals surface area contributed by atoms with E-state index in [1.54, 1.807) is 0 Å². The van der Waals surface area contributed by atoms with Crippen molar-refractivity contribution in [2.45, 2.75) is 31.7 Å². The lowest BCUT2D eigenvalue weighted by molar-refractivity contribution is 0.0944. The fraction of sp³-hybridized carbons (Fsp3) is 0.400. The standard InChI is InChI=1S/C15H15BrN4O2/c16-11-5-9-3-4-22-14(9)10(6-11)7-17-15(21)13-12(8-1-2-8)18-20-19-13/h5-6,8H,1-4,7H2,(H,17,21)(H,18,19,20). The third-order valence-electron chi connectivity index (χ3n) is 4.02. The molecule has 0 radical (unpaired) electrons. The summed E-state index contributed by atoms with van der Waals surface area (Å²) in [6, 6.07) is 4.05. The number of hydrogen-bond acceptors (Lipinski definition) is 4. The smallest absolute Gasteiger partial charge is 0.274 e. The number of rotatable bonds is 4. The summed E-state index contributed by atoms with van der Waals surface area (Å²) in [5.41, 5.74) is 3.36. The Balaban J connectivity index is 1.51. The molecule has 0 saturated heterocycles. The van der Waals surface area contributed by atoms with Gasteiger partial charge in [0.05, 0.1) is 12.3 Å². The molecular weight excluding hydrogens is 348 g/mol. The van der Waals surface area contributed by atoms with Crippen molar-refractivity contribution >= 4 is 21.8 Å². The molecule has 0 bridgehead atoms. The van der Waals surface area contributed by atoms with Crippen molar-refractivity contribution in [1.29, 1.82) is 0 Å². The number of ether oxygens (including phenoxy) is 1. The maximum absolute atomic E-state index is 12.3. The van der Waals surface area contributed by atoms with Crippen molar-refractivity contribution in [3.63, 3.8) is 0 Å². The second-order valence-electron chi connectivity index (χ2n) is 5.67. The van der Waals surface area contributed by atoms with Gasteiger partial charge in [-0.2, -0.15) is 15.4 Å². The van der Waals surface area contributed by atoms with Gasteiger partial charge in [-0.1, -0.05) is 15.9 Å². The quantitative estimate of drug-likeness (QED) is 0.874. The number of carbonyl (C=O) groups excluding carboxylic acids is 1. The Kier molecular flexibility index (Phi) is 3.37. The van der Waals surface area contributed by atoms with Gasteiger partial charge in [-0.25, -0.2) is 0 Å². The molecule has 7 heteroatoms. The van der Waals surface area contributed by atoms with Crippen molar-refractivity contribution in [2.24, 2.45) is 0 Å². The molecule has 1 aliphatic carbocycles. The summed E-state index contributed by atoms with van der Waals surface area (Å²) < 4.78 is 6.67. The minimum atomic E-state index is -0.192. The van der Waals surface area contributed by atoms with E-state index in [0.29, 0.717) is 24.8 Å². The largest absolute Gasteiger partial charge is 0.493 e. The first kappa shape index (κ1) is 13.8. The van der Waals surface area contributed by atoms with Gasteiger partial charge >= 0.3 is 0 Å². The number of aromatic amines is 1. The van der Waals surface area contributed by atoms with Gasteiger partial charge < -0.3 is 10.1 Å². The molecule has 22 heavy (non-hydrogen) atoms. The normalized spacial score (nSPS) is 16.2. The number of hydrogen-bond donors (Lipinski definition) is 2. The molecule has 1 amide bonds. The van der Waals surface area contributed by atoms with Gasteiger partial charge in [-0.3, -0.25) is 4.79 Å². The van der Waals surface area contributed by atoms with Crippen molar-refractivity contribution in [2.75, 3.05) is 6.61 Å². The Bertz CT molecular complexity index is 739. The predicted molar refractivity (Wildman–Crippen MR) is 82.9 cm³/mol. The molecule has 0 unspecified atom stereocenters. The highest BCUT2D eigenvalue weighted by Crippen LogP contribution is 2.40. The minimum absolute atomic E-state index is 0.192. The summed E-state index contributed by atoms with van der Waals surface area (Å²) in [5.74, 6) is 1.09. The Labute approximate surface area is 135 Å². The number of carbonyl (C=O) groups is 1. The molecule has 1 saturated carbocycles. The minimum Gasteiger partial charge on any atom is -0.493 e. The molecule has 1 aromatic heterocycles. The number of nitrogens with one attached hydrogen (secondary N) is 2. The topological polar surface area (TPSA) is 79.9 Å². The summed E-state index contributed by atoms with van der Waals surface area (Å²) in [4.78, 5) is 12.3. The summed E-state index contributed by atoms with van der Waals surface area (Å²) in [6.45, 7) is 1.11. The number of aromatic nitrogens is 3. The highest BCUT2D eigenvalue weighted by Gasteiger charge is 2.31. The van der Waals surface area contributed by atoms with Crippen LogP contribution in [-0.2, 0) is 13.0 Å². The molecule has 114 valence electrons. The Hall–Kier alpha value is -1.89. The van der Waals surface area contributed by atoms with Crippen molar-refractivity contribution in [3.05, 3.63) is 39.1 Å². The Morgan fingerprint density at radius 3 is 3.09 bits per heavy atom. The van der Waals surface area contributed by atoms with Gasteiger partial charge in [-0.15, -0.1) is 0 Å². The fourth-order valence-corrected chi connectivity index (χ4v) is 3.34. The van der Waals surface area contributed by atoms with E-state index in [1.165, 1.54) is 5.56 Å². The number of benzene rings is 1. The molecule has 0 atom stereocenters. The van der Waals surface area contributed by atoms with E-state index in [4.69, 9.17) is 4.74 Å². The molecule has 1 fully saturated rings. The van der Waals surface area contributed by atoms with Crippen LogP contribution in [0.3, 0.4) is 0 Å². The van der Waals surface area contributed by atoms with Gasteiger partial charge in [0.1, 0.15) is 5.75 Å². The summed E-state index contributed by atoms with van der Waals surface area (Å²) >= 11 is 3.50. The van der Waals surface area contributed by atoms with E-state index in [2.05, 4.69) is 42.7 Å². The number of amides is 1. The third-order valence-corrected chi connectivity index (χ3v) is 4.48. The monoisotopic (exact) mass is 362 g/mol. The average molecular weight is 363 g/mol. The van der Waals surface area contributed by atoms with Crippen LogP contribution in [0.4, 0.5) is 0 Å². The average Bonchev–Trinajstić information content (AvgIpc) is 3.04. The number of nitrogens with zero attached hydrogens (tertiary/aromatic N) is 2. The molecule has 0 spiro atoms. The molecule has 2 N–H and O–H groups in total. The first-order chi connectivity index (χ1) is 10.7. The molecule has 1 aliphatic heterocycles. The zero-order valence-electron chi connectivity index (χ0n) is 11.9. The number of H-pyrrole nitrogens is 1. The zero-order chi connectivity index (χ0) is 15.1. The molecule has 1 aromatic carbocycles. The van der Waals surface area contributed by atoms with Gasteiger partial charge in [0.15, 0.2) is 5.69 Å². The zero-order valence-corrected chi connectivity index (χ0v) is 13.4. The van der Waals surface area contributed by atoms with Crippen LogP contribution in [0.2, 0.25) is 0 Å². The SMILES string of the molecule is O=C(NCc1cc(Br)cc2c1OCC2)c1n[nH]nc1C1CC1. The van der Waals surface area contributed by atoms with Crippen LogP contribution in [0.1, 0.15) is 46.1 Å². The lowest BCUT2D eigenvalue weighted by Gasteiger charge is -2.10.